The van der Waals surface area contributed by atoms with Crippen molar-refractivity contribution in [1.29, 1.82) is 0 Å². The fourth-order valence-corrected chi connectivity index (χ4v) is 2.14. The standard InChI is InChI=1S/C10H19NO2/c11-9(6-12)5-8-1-2-10(3-4-10)13-7-8/h8-9,12H,1-7,11H2/t8-,9+/m1/s1. The minimum Gasteiger partial charge on any atom is -0.395 e. The first-order valence-electron chi connectivity index (χ1n) is 5.24. The van der Waals surface area contributed by atoms with Gasteiger partial charge in [-0.2, -0.15) is 0 Å². The van der Waals surface area contributed by atoms with Gasteiger partial charge >= 0.3 is 0 Å². The Labute approximate surface area is 79.3 Å². The van der Waals surface area contributed by atoms with Crippen LogP contribution in [0, 0.1) is 5.92 Å². The summed E-state index contributed by atoms with van der Waals surface area (Å²) in [6.45, 7) is 0.954. The van der Waals surface area contributed by atoms with E-state index in [9.17, 15) is 0 Å². The molecule has 3 N–H and O–H groups in total. The maximum atomic E-state index is 8.81. The Morgan fingerprint density at radius 2 is 2.23 bits per heavy atom. The highest BCUT2D eigenvalue weighted by Gasteiger charge is 2.46. The minimum atomic E-state index is -0.0538. The summed E-state index contributed by atoms with van der Waals surface area (Å²) in [6.07, 6.45) is 5.85. The molecule has 76 valence electrons. The van der Waals surface area contributed by atoms with Gasteiger partial charge in [0, 0.05) is 6.04 Å². The highest BCUT2D eigenvalue weighted by atomic mass is 16.5. The van der Waals surface area contributed by atoms with Crippen molar-refractivity contribution < 1.29 is 9.84 Å². The summed E-state index contributed by atoms with van der Waals surface area (Å²) < 4.78 is 5.80. The van der Waals surface area contributed by atoms with Gasteiger partial charge in [0.05, 0.1) is 18.8 Å². The molecule has 1 saturated carbocycles. The molecule has 2 fully saturated rings. The lowest BCUT2D eigenvalue weighted by Crippen LogP contribution is -2.33. The molecule has 2 rings (SSSR count). The average molecular weight is 185 g/mol. The molecular formula is C10H19NO2. The van der Waals surface area contributed by atoms with Crippen molar-refractivity contribution in [3.63, 3.8) is 0 Å². The van der Waals surface area contributed by atoms with Gasteiger partial charge in [0.1, 0.15) is 0 Å². The molecular weight excluding hydrogens is 166 g/mol. The Hall–Kier alpha value is -0.120. The first kappa shape index (κ1) is 9.44. The Balaban J connectivity index is 1.71. The molecule has 0 bridgehead atoms. The van der Waals surface area contributed by atoms with Gasteiger partial charge in [0.15, 0.2) is 0 Å². The smallest absolute Gasteiger partial charge is 0.0685 e. The molecule has 1 spiro atoms. The van der Waals surface area contributed by atoms with Crippen molar-refractivity contribution in [1.82, 2.24) is 0 Å². The Kier molecular flexibility index (Phi) is 2.58. The number of aliphatic hydroxyl groups is 1. The molecule has 2 aliphatic rings. The molecule has 13 heavy (non-hydrogen) atoms. The zero-order chi connectivity index (χ0) is 9.31. The van der Waals surface area contributed by atoms with Gasteiger partial charge in [-0.1, -0.05) is 0 Å². The molecule has 0 amide bonds. The fourth-order valence-electron chi connectivity index (χ4n) is 2.14. The highest BCUT2D eigenvalue weighted by molar-refractivity contribution is 4.98. The van der Waals surface area contributed by atoms with Gasteiger partial charge in [-0.25, -0.2) is 0 Å². The quantitative estimate of drug-likeness (QED) is 0.679. The molecule has 0 aromatic carbocycles. The number of aliphatic hydroxyl groups excluding tert-OH is 1. The van der Waals surface area contributed by atoms with E-state index in [-0.39, 0.29) is 12.6 Å². The fraction of sp³-hybridized carbons (Fsp3) is 1.00. The van der Waals surface area contributed by atoms with E-state index < -0.39 is 0 Å². The van der Waals surface area contributed by atoms with Crippen LogP contribution >= 0.6 is 0 Å². The second kappa shape index (κ2) is 3.56. The van der Waals surface area contributed by atoms with E-state index in [0.717, 1.165) is 13.0 Å². The van der Waals surface area contributed by atoms with Crippen LogP contribution in [-0.4, -0.2) is 30.0 Å². The Morgan fingerprint density at radius 3 is 2.69 bits per heavy atom. The van der Waals surface area contributed by atoms with Crippen LogP contribution in [0.5, 0.6) is 0 Å². The van der Waals surface area contributed by atoms with Crippen LogP contribution in [0.15, 0.2) is 0 Å². The van der Waals surface area contributed by atoms with Crippen molar-refractivity contribution in [2.75, 3.05) is 13.2 Å². The van der Waals surface area contributed by atoms with E-state index in [1.165, 1.54) is 25.7 Å². The Bertz CT molecular complexity index is 170. The van der Waals surface area contributed by atoms with Crippen LogP contribution in [0.2, 0.25) is 0 Å². The monoisotopic (exact) mass is 185 g/mol. The van der Waals surface area contributed by atoms with E-state index in [1.54, 1.807) is 0 Å². The van der Waals surface area contributed by atoms with Crippen LogP contribution in [0.1, 0.15) is 32.1 Å². The number of hydrogen-bond donors (Lipinski definition) is 2. The van der Waals surface area contributed by atoms with E-state index in [1.807, 2.05) is 0 Å². The minimum absolute atomic E-state index is 0.0538. The van der Waals surface area contributed by atoms with E-state index in [2.05, 4.69) is 0 Å². The number of ether oxygens (including phenoxy) is 1. The summed E-state index contributed by atoms with van der Waals surface area (Å²) in [5.74, 6) is 0.577. The molecule has 2 atom stereocenters. The first-order chi connectivity index (χ1) is 6.24. The van der Waals surface area contributed by atoms with Gasteiger partial charge in [-0.15, -0.1) is 0 Å². The lowest BCUT2D eigenvalue weighted by molar-refractivity contribution is -0.0382. The van der Waals surface area contributed by atoms with Crippen LogP contribution in [-0.2, 0) is 4.74 Å². The zero-order valence-electron chi connectivity index (χ0n) is 8.04. The predicted octanol–water partition coefficient (Wildman–Crippen LogP) is 0.655. The van der Waals surface area contributed by atoms with Crippen LogP contribution in [0.3, 0.4) is 0 Å². The second-order valence-corrected chi connectivity index (χ2v) is 4.58. The second-order valence-electron chi connectivity index (χ2n) is 4.58. The van der Waals surface area contributed by atoms with E-state index in [0.29, 0.717) is 11.5 Å². The van der Waals surface area contributed by atoms with Crippen molar-refractivity contribution in [2.24, 2.45) is 11.7 Å². The van der Waals surface area contributed by atoms with Crippen molar-refractivity contribution in [3.8, 4) is 0 Å². The van der Waals surface area contributed by atoms with Gasteiger partial charge in [-0.3, -0.25) is 0 Å². The number of nitrogens with two attached hydrogens (primary N) is 1. The summed E-state index contributed by atoms with van der Waals surface area (Å²) in [5.41, 5.74) is 5.97. The summed E-state index contributed by atoms with van der Waals surface area (Å²) in [6, 6.07) is -0.0538. The summed E-state index contributed by atoms with van der Waals surface area (Å²) in [5, 5.41) is 8.81. The first-order valence-corrected chi connectivity index (χ1v) is 5.24. The average Bonchev–Trinajstić information content (AvgIpc) is 2.90. The molecule has 0 radical (unpaired) electrons. The van der Waals surface area contributed by atoms with Crippen LogP contribution in [0.25, 0.3) is 0 Å². The molecule has 1 saturated heterocycles. The van der Waals surface area contributed by atoms with Crippen LogP contribution < -0.4 is 5.73 Å². The molecule has 0 unspecified atom stereocenters. The highest BCUT2D eigenvalue weighted by Crippen LogP contribution is 2.47. The SMILES string of the molecule is N[C@H](CO)C[C@H]1CCC2(CC2)OC1. The van der Waals surface area contributed by atoms with Gasteiger partial charge in [0.2, 0.25) is 0 Å². The third kappa shape index (κ3) is 2.22. The lowest BCUT2D eigenvalue weighted by Gasteiger charge is -2.30. The maximum absolute atomic E-state index is 8.81. The maximum Gasteiger partial charge on any atom is 0.0685 e. The normalized spacial score (nSPS) is 33.2. The van der Waals surface area contributed by atoms with Gasteiger partial charge in [0.25, 0.3) is 0 Å². The van der Waals surface area contributed by atoms with E-state index >= 15 is 0 Å². The van der Waals surface area contributed by atoms with E-state index in [4.69, 9.17) is 15.6 Å². The molecule has 1 aliphatic carbocycles. The molecule has 0 aromatic rings. The van der Waals surface area contributed by atoms with Crippen LogP contribution in [0.4, 0.5) is 0 Å². The van der Waals surface area contributed by atoms with Crippen molar-refractivity contribution in [3.05, 3.63) is 0 Å². The lowest BCUT2D eigenvalue weighted by atomic mass is 9.92. The summed E-state index contributed by atoms with van der Waals surface area (Å²) in [7, 11) is 0. The van der Waals surface area contributed by atoms with Crippen molar-refractivity contribution >= 4 is 0 Å². The van der Waals surface area contributed by atoms with Gasteiger partial charge in [-0.05, 0) is 38.0 Å². The largest absolute Gasteiger partial charge is 0.395 e. The topological polar surface area (TPSA) is 55.5 Å². The molecule has 3 heteroatoms. The number of rotatable bonds is 3. The third-order valence-corrected chi connectivity index (χ3v) is 3.31. The predicted molar refractivity (Wildman–Crippen MR) is 50.3 cm³/mol. The molecule has 1 heterocycles. The third-order valence-electron chi connectivity index (χ3n) is 3.31. The molecule has 0 aromatic heterocycles. The summed E-state index contributed by atoms with van der Waals surface area (Å²) >= 11 is 0. The summed E-state index contributed by atoms with van der Waals surface area (Å²) in [4.78, 5) is 0. The van der Waals surface area contributed by atoms with Gasteiger partial charge < -0.3 is 15.6 Å². The molecule has 1 aliphatic heterocycles. The zero-order valence-corrected chi connectivity index (χ0v) is 8.04. The molecule has 3 nitrogen and oxygen atoms in total. The Morgan fingerprint density at radius 1 is 1.46 bits per heavy atom. The van der Waals surface area contributed by atoms with Crippen molar-refractivity contribution in [2.45, 2.75) is 43.7 Å². The number of hydrogen-bond acceptors (Lipinski definition) is 3.